The second-order valence-electron chi connectivity index (χ2n) is 8.54. The molecule has 0 saturated carbocycles. The fraction of sp³-hybridized carbons (Fsp3) is 0.440. The summed E-state index contributed by atoms with van der Waals surface area (Å²) in [6, 6.07) is 20.1. The molecule has 2 aromatic carbocycles. The van der Waals surface area contributed by atoms with Gasteiger partial charge in [0.15, 0.2) is 12.1 Å². The zero-order valence-corrected chi connectivity index (χ0v) is 17.8. The maximum Gasteiger partial charge on any atom is 0.224 e. The first-order chi connectivity index (χ1) is 15.0. The highest BCUT2D eigenvalue weighted by Crippen LogP contribution is 2.43. The lowest BCUT2D eigenvalue weighted by atomic mass is 9.97. The third kappa shape index (κ3) is 4.46. The van der Waals surface area contributed by atoms with E-state index in [-0.39, 0.29) is 18.8 Å². The SMILES string of the molecule is CC1(C)OC[C@]2(OC[C@H]3O[C@H](/C=C/c4ccccc4)O[C@H]3[C@@H]2OCc2ccccc2)O1. The van der Waals surface area contributed by atoms with Gasteiger partial charge in [-0.2, -0.15) is 0 Å². The molecule has 0 aliphatic carbocycles. The zero-order valence-electron chi connectivity index (χ0n) is 17.8. The van der Waals surface area contributed by atoms with Crippen molar-refractivity contribution in [2.75, 3.05) is 13.2 Å². The van der Waals surface area contributed by atoms with Gasteiger partial charge in [-0.3, -0.25) is 0 Å². The van der Waals surface area contributed by atoms with Crippen molar-refractivity contribution in [3.63, 3.8) is 0 Å². The van der Waals surface area contributed by atoms with Gasteiger partial charge in [0.2, 0.25) is 5.79 Å². The lowest BCUT2D eigenvalue weighted by molar-refractivity contribution is -0.335. The molecule has 3 heterocycles. The van der Waals surface area contributed by atoms with E-state index in [0.717, 1.165) is 11.1 Å². The molecule has 0 radical (unpaired) electrons. The molecule has 3 aliphatic heterocycles. The van der Waals surface area contributed by atoms with Gasteiger partial charge >= 0.3 is 0 Å². The highest BCUT2D eigenvalue weighted by molar-refractivity contribution is 5.49. The van der Waals surface area contributed by atoms with Crippen LogP contribution in [0.2, 0.25) is 0 Å². The number of hydrogen-bond acceptors (Lipinski definition) is 6. The molecule has 0 amide bonds. The van der Waals surface area contributed by atoms with E-state index in [4.69, 9.17) is 28.4 Å². The van der Waals surface area contributed by atoms with Gasteiger partial charge in [-0.25, -0.2) is 0 Å². The van der Waals surface area contributed by atoms with Crippen LogP contribution in [0.15, 0.2) is 66.7 Å². The van der Waals surface area contributed by atoms with Gasteiger partial charge in [-0.1, -0.05) is 66.7 Å². The van der Waals surface area contributed by atoms with Gasteiger partial charge in [0, 0.05) is 0 Å². The van der Waals surface area contributed by atoms with Crippen LogP contribution >= 0.6 is 0 Å². The minimum absolute atomic E-state index is 0.246. The Morgan fingerprint density at radius 2 is 1.71 bits per heavy atom. The van der Waals surface area contributed by atoms with Gasteiger partial charge < -0.3 is 28.4 Å². The van der Waals surface area contributed by atoms with Crippen LogP contribution in [-0.2, 0) is 35.0 Å². The summed E-state index contributed by atoms with van der Waals surface area (Å²) >= 11 is 0. The Morgan fingerprint density at radius 1 is 0.968 bits per heavy atom. The van der Waals surface area contributed by atoms with Crippen LogP contribution in [-0.4, -0.2) is 49.4 Å². The molecule has 164 valence electrons. The van der Waals surface area contributed by atoms with Crippen molar-refractivity contribution < 1.29 is 28.4 Å². The normalized spacial score (nSPS) is 34.4. The molecule has 3 aliphatic rings. The summed E-state index contributed by atoms with van der Waals surface area (Å²) in [4.78, 5) is 0. The third-order valence-electron chi connectivity index (χ3n) is 5.75. The maximum absolute atomic E-state index is 6.37. The molecule has 0 N–H and O–H groups in total. The average molecular weight is 424 g/mol. The monoisotopic (exact) mass is 424 g/mol. The molecule has 5 atom stereocenters. The van der Waals surface area contributed by atoms with Crippen molar-refractivity contribution in [1.29, 1.82) is 0 Å². The Hall–Kier alpha value is -2.06. The third-order valence-corrected chi connectivity index (χ3v) is 5.75. The summed E-state index contributed by atoms with van der Waals surface area (Å²) in [6.07, 6.45) is 2.36. The number of hydrogen-bond donors (Lipinski definition) is 0. The van der Waals surface area contributed by atoms with Crippen LogP contribution in [0.3, 0.4) is 0 Å². The molecule has 3 fully saturated rings. The molecule has 0 unspecified atom stereocenters. The molecule has 2 aromatic rings. The standard InChI is InChI=1S/C25H28O6/c1-24(2)28-17-25(31-24)23(26-15-19-11-7-4-8-12-19)22-20(16-27-25)29-21(30-22)14-13-18-9-5-3-6-10-18/h3-14,20-23H,15-17H2,1-2H3/b14-13+/t20-,21+,22-,23+,25+/m1/s1. The minimum atomic E-state index is -1.03. The highest BCUT2D eigenvalue weighted by Gasteiger charge is 2.62. The fourth-order valence-corrected chi connectivity index (χ4v) is 4.27. The first kappa shape index (κ1) is 20.8. The van der Waals surface area contributed by atoms with Crippen molar-refractivity contribution in [2.45, 2.75) is 56.6 Å². The van der Waals surface area contributed by atoms with Crippen LogP contribution in [0.25, 0.3) is 6.08 Å². The van der Waals surface area contributed by atoms with Crippen LogP contribution < -0.4 is 0 Å². The molecule has 1 spiro atoms. The highest BCUT2D eigenvalue weighted by atomic mass is 16.9. The second-order valence-corrected chi connectivity index (χ2v) is 8.54. The van der Waals surface area contributed by atoms with Gasteiger partial charge in [-0.15, -0.1) is 0 Å². The van der Waals surface area contributed by atoms with E-state index in [0.29, 0.717) is 13.2 Å². The smallest absolute Gasteiger partial charge is 0.224 e. The van der Waals surface area contributed by atoms with Crippen molar-refractivity contribution in [1.82, 2.24) is 0 Å². The van der Waals surface area contributed by atoms with Gasteiger partial charge in [0.25, 0.3) is 0 Å². The number of ether oxygens (including phenoxy) is 6. The Kier molecular flexibility index (Phi) is 5.69. The van der Waals surface area contributed by atoms with Crippen LogP contribution in [0, 0.1) is 0 Å². The van der Waals surface area contributed by atoms with Crippen LogP contribution in [0.4, 0.5) is 0 Å². The van der Waals surface area contributed by atoms with E-state index in [9.17, 15) is 0 Å². The predicted octanol–water partition coefficient (Wildman–Crippen LogP) is 3.90. The number of rotatable bonds is 5. The average Bonchev–Trinajstić information content (AvgIpc) is 3.34. The molecule has 0 bridgehead atoms. The van der Waals surface area contributed by atoms with Crippen molar-refractivity contribution in [3.8, 4) is 0 Å². The van der Waals surface area contributed by atoms with E-state index in [1.807, 2.05) is 86.7 Å². The molecule has 31 heavy (non-hydrogen) atoms. The molecule has 0 aromatic heterocycles. The topological polar surface area (TPSA) is 55.4 Å². The summed E-state index contributed by atoms with van der Waals surface area (Å²) in [5, 5.41) is 0. The molecule has 3 saturated heterocycles. The van der Waals surface area contributed by atoms with E-state index in [1.165, 1.54) is 0 Å². The first-order valence-corrected chi connectivity index (χ1v) is 10.7. The Morgan fingerprint density at radius 3 is 2.42 bits per heavy atom. The fourth-order valence-electron chi connectivity index (χ4n) is 4.27. The Labute approximate surface area is 182 Å². The second kappa shape index (κ2) is 8.47. The zero-order chi connectivity index (χ0) is 21.3. The largest absolute Gasteiger partial charge is 0.365 e. The minimum Gasteiger partial charge on any atom is -0.365 e. The number of fused-ring (bicyclic) bond motifs is 1. The van der Waals surface area contributed by atoms with Crippen LogP contribution in [0.1, 0.15) is 25.0 Å². The predicted molar refractivity (Wildman–Crippen MR) is 114 cm³/mol. The van der Waals surface area contributed by atoms with E-state index in [2.05, 4.69) is 0 Å². The molecular weight excluding hydrogens is 396 g/mol. The molecular formula is C25H28O6. The lowest BCUT2D eigenvalue weighted by Gasteiger charge is -2.43. The summed E-state index contributed by atoms with van der Waals surface area (Å²) in [5.41, 5.74) is 2.15. The van der Waals surface area contributed by atoms with E-state index >= 15 is 0 Å². The van der Waals surface area contributed by atoms with Crippen LogP contribution in [0.5, 0.6) is 0 Å². The summed E-state index contributed by atoms with van der Waals surface area (Å²) in [7, 11) is 0. The molecule has 6 nitrogen and oxygen atoms in total. The summed E-state index contributed by atoms with van der Waals surface area (Å²) in [5.74, 6) is -1.78. The van der Waals surface area contributed by atoms with E-state index in [1.54, 1.807) is 0 Å². The quantitative estimate of drug-likeness (QED) is 0.726. The van der Waals surface area contributed by atoms with Crippen molar-refractivity contribution in [3.05, 3.63) is 77.9 Å². The molecule has 6 heteroatoms. The Balaban J connectivity index is 1.35. The van der Waals surface area contributed by atoms with Crippen molar-refractivity contribution >= 4 is 6.08 Å². The Bertz CT molecular complexity index is 899. The summed E-state index contributed by atoms with van der Waals surface area (Å²) in [6.45, 7) is 4.80. The van der Waals surface area contributed by atoms with Gasteiger partial charge in [0.1, 0.15) is 24.9 Å². The van der Waals surface area contributed by atoms with Crippen molar-refractivity contribution in [2.24, 2.45) is 0 Å². The number of benzene rings is 2. The van der Waals surface area contributed by atoms with E-state index < -0.39 is 24.0 Å². The first-order valence-electron chi connectivity index (χ1n) is 10.7. The summed E-state index contributed by atoms with van der Waals surface area (Å²) < 4.78 is 37.0. The maximum atomic E-state index is 6.37. The van der Waals surface area contributed by atoms with Gasteiger partial charge in [0.05, 0.1) is 13.2 Å². The van der Waals surface area contributed by atoms with Gasteiger partial charge in [-0.05, 0) is 31.1 Å². The lowest BCUT2D eigenvalue weighted by Crippen LogP contribution is -2.62. The molecule has 5 rings (SSSR count).